The molecule has 0 radical (unpaired) electrons. The van der Waals surface area contributed by atoms with E-state index in [4.69, 9.17) is 9.47 Å². The van der Waals surface area contributed by atoms with Gasteiger partial charge in [-0.15, -0.1) is 11.3 Å². The maximum absolute atomic E-state index is 13.1. The first-order chi connectivity index (χ1) is 17.1. The predicted molar refractivity (Wildman–Crippen MR) is 141 cm³/mol. The van der Waals surface area contributed by atoms with E-state index in [1.165, 1.54) is 23.1 Å². The molecule has 35 heavy (non-hydrogen) atoms. The highest BCUT2D eigenvalue weighted by atomic mass is 32.2. The minimum Gasteiger partial charge on any atom is -0.493 e. The van der Waals surface area contributed by atoms with Crippen molar-refractivity contribution in [1.82, 2.24) is 14.9 Å². The highest BCUT2D eigenvalue weighted by molar-refractivity contribution is 7.99. The zero-order valence-electron chi connectivity index (χ0n) is 19.7. The number of ether oxygens (including phenoxy) is 2. The van der Waals surface area contributed by atoms with Crippen molar-refractivity contribution in [2.24, 2.45) is 0 Å². The van der Waals surface area contributed by atoms with Crippen molar-refractivity contribution in [3.63, 3.8) is 0 Å². The smallest absolute Gasteiger partial charge is 0.272 e. The quantitative estimate of drug-likeness (QED) is 0.241. The van der Waals surface area contributed by atoms with E-state index in [0.29, 0.717) is 52.8 Å². The molecular weight excluding hydrogens is 482 g/mol. The second kappa shape index (κ2) is 11.9. The SMILES string of the molecule is COc1ccc(CCNC(=O)CSc2nc3ccsc3c(=O)n2CCc2ccccc2)cc1OC. The van der Waals surface area contributed by atoms with Crippen LogP contribution in [0, 0.1) is 0 Å². The number of nitrogens with zero attached hydrogens (tertiary/aromatic N) is 2. The minimum atomic E-state index is -0.107. The fraction of sp³-hybridized carbons (Fsp3) is 0.269. The molecule has 2 aromatic carbocycles. The molecule has 0 saturated heterocycles. The molecule has 0 aliphatic heterocycles. The van der Waals surface area contributed by atoms with E-state index in [1.54, 1.807) is 18.8 Å². The number of aryl methyl sites for hydroxylation is 1. The van der Waals surface area contributed by atoms with Gasteiger partial charge in [0.15, 0.2) is 16.7 Å². The number of thiophene rings is 1. The van der Waals surface area contributed by atoms with E-state index in [2.05, 4.69) is 10.3 Å². The average Bonchev–Trinajstić information content (AvgIpc) is 3.36. The van der Waals surface area contributed by atoms with Crippen LogP contribution in [0.3, 0.4) is 0 Å². The van der Waals surface area contributed by atoms with Crippen LogP contribution in [0.15, 0.2) is 69.9 Å². The van der Waals surface area contributed by atoms with Gasteiger partial charge in [0.05, 0.1) is 25.5 Å². The van der Waals surface area contributed by atoms with Crippen LogP contribution in [0.2, 0.25) is 0 Å². The third-order valence-corrected chi connectivity index (χ3v) is 7.38. The molecule has 0 saturated carbocycles. The molecule has 9 heteroatoms. The molecule has 2 heterocycles. The van der Waals surface area contributed by atoms with Crippen molar-refractivity contribution in [3.05, 3.63) is 81.5 Å². The van der Waals surface area contributed by atoms with Crippen LogP contribution < -0.4 is 20.3 Å². The van der Waals surface area contributed by atoms with Crippen molar-refractivity contribution in [2.45, 2.75) is 24.5 Å². The second-order valence-corrected chi connectivity index (χ2v) is 9.66. The summed E-state index contributed by atoms with van der Waals surface area (Å²) < 4.78 is 12.9. The zero-order chi connectivity index (χ0) is 24.6. The Morgan fingerprint density at radius 1 is 1.03 bits per heavy atom. The van der Waals surface area contributed by atoms with E-state index in [1.807, 2.05) is 60.0 Å². The maximum atomic E-state index is 13.1. The lowest BCUT2D eigenvalue weighted by molar-refractivity contribution is -0.118. The third kappa shape index (κ3) is 6.23. The molecule has 0 spiro atoms. The lowest BCUT2D eigenvalue weighted by Gasteiger charge is -2.12. The van der Waals surface area contributed by atoms with E-state index >= 15 is 0 Å². The topological polar surface area (TPSA) is 82.5 Å². The van der Waals surface area contributed by atoms with Gasteiger partial charge >= 0.3 is 0 Å². The number of methoxy groups -OCH3 is 2. The molecule has 182 valence electrons. The lowest BCUT2D eigenvalue weighted by atomic mass is 10.1. The summed E-state index contributed by atoms with van der Waals surface area (Å²) in [6.45, 7) is 1.000. The van der Waals surface area contributed by atoms with E-state index in [9.17, 15) is 9.59 Å². The first kappa shape index (κ1) is 24.8. The van der Waals surface area contributed by atoms with Crippen LogP contribution in [0.4, 0.5) is 0 Å². The fourth-order valence-corrected chi connectivity index (χ4v) is 5.31. The number of carbonyl (C=O) groups excluding carboxylic acids is 1. The van der Waals surface area contributed by atoms with Crippen molar-refractivity contribution in [3.8, 4) is 11.5 Å². The average molecular weight is 510 g/mol. The number of fused-ring (bicyclic) bond motifs is 1. The molecule has 7 nitrogen and oxygen atoms in total. The fourth-order valence-electron chi connectivity index (χ4n) is 3.68. The van der Waals surface area contributed by atoms with Crippen LogP contribution in [0.25, 0.3) is 10.2 Å². The van der Waals surface area contributed by atoms with Gasteiger partial charge in [-0.3, -0.25) is 14.2 Å². The zero-order valence-corrected chi connectivity index (χ0v) is 21.3. The first-order valence-corrected chi connectivity index (χ1v) is 13.1. The van der Waals surface area contributed by atoms with Crippen molar-refractivity contribution in [2.75, 3.05) is 26.5 Å². The molecule has 0 aliphatic rings. The van der Waals surface area contributed by atoms with E-state index < -0.39 is 0 Å². The Labute approximate surface area is 212 Å². The Morgan fingerprint density at radius 2 is 1.83 bits per heavy atom. The van der Waals surface area contributed by atoms with Crippen molar-refractivity contribution < 1.29 is 14.3 Å². The summed E-state index contributed by atoms with van der Waals surface area (Å²) in [7, 11) is 3.20. The molecule has 0 bridgehead atoms. The van der Waals surface area contributed by atoms with Gasteiger partial charge in [-0.2, -0.15) is 0 Å². The molecule has 0 unspecified atom stereocenters. The van der Waals surface area contributed by atoms with Gasteiger partial charge in [-0.05, 0) is 47.5 Å². The normalized spacial score (nSPS) is 10.9. The molecule has 0 fully saturated rings. The Hall–Kier alpha value is -3.30. The number of rotatable bonds is 11. The Morgan fingerprint density at radius 3 is 2.60 bits per heavy atom. The molecule has 2 aromatic heterocycles. The number of thioether (sulfide) groups is 1. The summed E-state index contributed by atoms with van der Waals surface area (Å²) in [6, 6.07) is 17.6. The monoisotopic (exact) mass is 509 g/mol. The minimum absolute atomic E-state index is 0.0581. The number of hydrogen-bond acceptors (Lipinski definition) is 7. The van der Waals surface area contributed by atoms with Crippen LogP contribution in [-0.4, -0.2) is 42.0 Å². The number of amides is 1. The summed E-state index contributed by atoms with van der Waals surface area (Å²) in [4.78, 5) is 30.3. The summed E-state index contributed by atoms with van der Waals surface area (Å²) in [5.41, 5.74) is 2.80. The molecule has 1 amide bonds. The first-order valence-electron chi connectivity index (χ1n) is 11.2. The summed E-state index contributed by atoms with van der Waals surface area (Å²) >= 11 is 2.68. The molecule has 1 N–H and O–H groups in total. The van der Waals surface area contributed by atoms with Gasteiger partial charge in [0, 0.05) is 13.1 Å². The van der Waals surface area contributed by atoms with Gasteiger partial charge in [0.2, 0.25) is 5.91 Å². The summed E-state index contributed by atoms with van der Waals surface area (Å²) in [5, 5.41) is 5.38. The van der Waals surface area contributed by atoms with Gasteiger partial charge < -0.3 is 14.8 Å². The van der Waals surface area contributed by atoms with Crippen molar-refractivity contribution >= 4 is 39.2 Å². The van der Waals surface area contributed by atoms with E-state index in [-0.39, 0.29) is 17.2 Å². The predicted octanol–water partition coefficient (Wildman–Crippen LogP) is 4.17. The number of aromatic nitrogens is 2. The highest BCUT2D eigenvalue weighted by Gasteiger charge is 2.14. The Bertz CT molecular complexity index is 1350. The van der Waals surface area contributed by atoms with Gasteiger partial charge in [-0.1, -0.05) is 48.2 Å². The number of nitrogens with one attached hydrogen (secondary N) is 1. The van der Waals surface area contributed by atoms with Crippen LogP contribution in [-0.2, 0) is 24.2 Å². The van der Waals surface area contributed by atoms with Crippen molar-refractivity contribution in [1.29, 1.82) is 0 Å². The number of hydrogen-bond donors (Lipinski definition) is 1. The highest BCUT2D eigenvalue weighted by Crippen LogP contribution is 2.27. The van der Waals surface area contributed by atoms with Crippen LogP contribution in [0.1, 0.15) is 11.1 Å². The van der Waals surface area contributed by atoms with Gasteiger partial charge in [0.1, 0.15) is 4.70 Å². The standard InChI is InChI=1S/C26H27N3O4S2/c1-32-21-9-8-19(16-22(21)33-2)10-13-27-23(30)17-35-26-28-20-12-15-34-24(20)25(31)29(26)14-11-18-6-4-3-5-7-18/h3-9,12,15-16H,10-11,13-14,17H2,1-2H3,(H,27,30). The Kier molecular flexibility index (Phi) is 8.44. The second-order valence-electron chi connectivity index (χ2n) is 7.80. The molecule has 0 atom stereocenters. The summed E-state index contributed by atoms with van der Waals surface area (Å²) in [6.07, 6.45) is 1.38. The van der Waals surface area contributed by atoms with E-state index in [0.717, 1.165) is 11.1 Å². The van der Waals surface area contributed by atoms with Crippen LogP contribution >= 0.6 is 23.1 Å². The number of benzene rings is 2. The van der Waals surface area contributed by atoms with Crippen LogP contribution in [0.5, 0.6) is 11.5 Å². The molecule has 4 aromatic rings. The van der Waals surface area contributed by atoms with Gasteiger partial charge in [0.25, 0.3) is 5.56 Å². The van der Waals surface area contributed by atoms with Gasteiger partial charge in [-0.25, -0.2) is 4.98 Å². The maximum Gasteiger partial charge on any atom is 0.272 e. The molecule has 0 aliphatic carbocycles. The Balaban J connectivity index is 1.38. The largest absolute Gasteiger partial charge is 0.493 e. The number of carbonyl (C=O) groups is 1. The molecular formula is C26H27N3O4S2. The molecule has 4 rings (SSSR count). The summed E-state index contributed by atoms with van der Waals surface area (Å²) in [5.74, 6) is 1.41. The third-order valence-electron chi connectivity index (χ3n) is 5.51. The lowest BCUT2D eigenvalue weighted by Crippen LogP contribution is -2.28.